The highest BCUT2D eigenvalue weighted by Crippen LogP contribution is 2.50. The molecule has 4 heterocycles. The predicted molar refractivity (Wildman–Crippen MR) is 144 cm³/mol. The van der Waals surface area contributed by atoms with Gasteiger partial charge >= 0.3 is 0 Å². The number of rotatable bonds is 5. The van der Waals surface area contributed by atoms with Gasteiger partial charge in [-0.2, -0.15) is 0 Å². The molecule has 0 spiro atoms. The van der Waals surface area contributed by atoms with Gasteiger partial charge in [-0.3, -0.25) is 0 Å². The summed E-state index contributed by atoms with van der Waals surface area (Å²) in [6.07, 6.45) is 1.64. The normalized spacial score (nSPS) is 14.8. The average Bonchev–Trinajstić information content (AvgIpc) is 3.63. The molecule has 37 heavy (non-hydrogen) atoms. The molecule has 0 saturated heterocycles. The molecule has 0 amide bonds. The Kier molecular flexibility index (Phi) is 5.18. The Labute approximate surface area is 216 Å². The number of fused-ring (bicyclic) bond motifs is 6. The summed E-state index contributed by atoms with van der Waals surface area (Å²) in [6, 6.07) is 26.9. The van der Waals surface area contributed by atoms with E-state index in [2.05, 4.69) is 63.8 Å². The van der Waals surface area contributed by atoms with Gasteiger partial charge in [-0.1, -0.05) is 78.0 Å². The van der Waals surface area contributed by atoms with E-state index < -0.39 is 0 Å². The maximum atomic E-state index is 6.47. The molecular formula is C29H21N5O2S. The molecular weight excluding hydrogens is 482 g/mol. The van der Waals surface area contributed by atoms with Crippen LogP contribution in [-0.4, -0.2) is 25.3 Å². The number of ether oxygens (including phenoxy) is 1. The topological polar surface area (TPSA) is 73.9 Å². The maximum Gasteiger partial charge on any atom is 0.228 e. The second kappa shape index (κ2) is 8.83. The van der Waals surface area contributed by atoms with Crippen LogP contribution in [0.2, 0.25) is 0 Å². The number of hydrogen-bond acceptors (Lipinski definition) is 7. The first-order chi connectivity index (χ1) is 18.3. The Bertz CT molecular complexity index is 1780. The van der Waals surface area contributed by atoms with Crippen molar-refractivity contribution in [2.45, 2.75) is 19.4 Å². The molecule has 0 N–H and O–H groups in total. The Balaban J connectivity index is 1.33. The fraction of sp³-hybridized carbons (Fsp3) is 0.103. The van der Waals surface area contributed by atoms with Crippen molar-refractivity contribution >= 4 is 33.5 Å². The summed E-state index contributed by atoms with van der Waals surface area (Å²) in [5, 5.41) is 13.0. The van der Waals surface area contributed by atoms with Gasteiger partial charge in [-0.05, 0) is 29.3 Å². The first-order valence-corrected chi connectivity index (χ1v) is 12.8. The standard InChI is InChI=1S/C29H21N5O2S/c1-18(23-12-7-15-37-23)33-35-16-24-31-28-26-25(20-9-3-2-4-10-20)22-14-13-19-8-5-6-11-21(19)27(22)36-29(26)30-17-34(28)32-24/h2-15,17,25H,16H2,1H3/b33-18+. The highest BCUT2D eigenvalue weighted by molar-refractivity contribution is 7.12. The molecule has 8 heteroatoms. The van der Waals surface area contributed by atoms with E-state index in [1.807, 2.05) is 42.6 Å². The fourth-order valence-corrected chi connectivity index (χ4v) is 5.53. The summed E-state index contributed by atoms with van der Waals surface area (Å²) in [4.78, 5) is 16.2. The first kappa shape index (κ1) is 21.7. The van der Waals surface area contributed by atoms with Crippen molar-refractivity contribution in [3.63, 3.8) is 0 Å². The van der Waals surface area contributed by atoms with Crippen LogP contribution in [0.15, 0.2) is 95.7 Å². The first-order valence-electron chi connectivity index (χ1n) is 12.0. The minimum Gasteiger partial charge on any atom is -0.438 e. The molecule has 6 aromatic rings. The number of nitrogens with zero attached hydrogens (tertiary/aromatic N) is 5. The van der Waals surface area contributed by atoms with E-state index in [9.17, 15) is 0 Å². The smallest absolute Gasteiger partial charge is 0.228 e. The Morgan fingerprint density at radius 1 is 1.03 bits per heavy atom. The van der Waals surface area contributed by atoms with Gasteiger partial charge in [0.2, 0.25) is 5.88 Å². The van der Waals surface area contributed by atoms with Crippen LogP contribution in [0.3, 0.4) is 0 Å². The summed E-state index contributed by atoms with van der Waals surface area (Å²) in [5.41, 5.74) is 4.60. The lowest BCUT2D eigenvalue weighted by atomic mass is 9.83. The maximum absolute atomic E-state index is 6.47. The van der Waals surface area contributed by atoms with Gasteiger partial charge in [0.05, 0.1) is 16.2 Å². The third-order valence-corrected chi connectivity index (χ3v) is 7.52. The largest absolute Gasteiger partial charge is 0.438 e. The molecule has 180 valence electrons. The fourth-order valence-electron chi connectivity index (χ4n) is 4.86. The van der Waals surface area contributed by atoms with Crippen LogP contribution in [0.5, 0.6) is 11.6 Å². The molecule has 0 bridgehead atoms. The highest BCUT2D eigenvalue weighted by atomic mass is 32.1. The van der Waals surface area contributed by atoms with Crippen LogP contribution in [0.1, 0.15) is 40.2 Å². The highest BCUT2D eigenvalue weighted by Gasteiger charge is 2.34. The monoisotopic (exact) mass is 503 g/mol. The number of benzene rings is 3. The number of oxime groups is 1. The molecule has 1 aliphatic rings. The Hall–Kier alpha value is -4.56. The van der Waals surface area contributed by atoms with Crippen LogP contribution in [-0.2, 0) is 11.4 Å². The Morgan fingerprint density at radius 3 is 2.76 bits per heavy atom. The molecule has 3 aromatic heterocycles. The quantitative estimate of drug-likeness (QED) is 0.196. The van der Waals surface area contributed by atoms with Crippen LogP contribution in [0.4, 0.5) is 0 Å². The number of hydrogen-bond donors (Lipinski definition) is 0. The molecule has 7 rings (SSSR count). The van der Waals surface area contributed by atoms with Crippen molar-refractivity contribution in [2.24, 2.45) is 5.16 Å². The number of thiophene rings is 1. The van der Waals surface area contributed by atoms with Crippen molar-refractivity contribution in [2.75, 3.05) is 0 Å². The predicted octanol–water partition coefficient (Wildman–Crippen LogP) is 6.57. The summed E-state index contributed by atoms with van der Waals surface area (Å²) in [6.45, 7) is 2.07. The summed E-state index contributed by atoms with van der Waals surface area (Å²) < 4.78 is 8.16. The summed E-state index contributed by atoms with van der Waals surface area (Å²) in [7, 11) is 0. The minimum atomic E-state index is -0.113. The van der Waals surface area contributed by atoms with E-state index in [-0.39, 0.29) is 12.5 Å². The molecule has 3 aromatic carbocycles. The third-order valence-electron chi connectivity index (χ3n) is 6.55. The molecule has 0 saturated carbocycles. The second-order valence-electron chi connectivity index (χ2n) is 8.84. The van der Waals surface area contributed by atoms with Gasteiger partial charge < -0.3 is 9.57 Å². The van der Waals surface area contributed by atoms with Crippen molar-refractivity contribution in [1.29, 1.82) is 0 Å². The van der Waals surface area contributed by atoms with E-state index in [1.54, 1.807) is 22.2 Å². The second-order valence-corrected chi connectivity index (χ2v) is 9.79. The van der Waals surface area contributed by atoms with E-state index >= 15 is 0 Å². The van der Waals surface area contributed by atoms with Gasteiger partial charge in [0.15, 0.2) is 18.1 Å². The zero-order chi connectivity index (χ0) is 24.8. The van der Waals surface area contributed by atoms with Crippen LogP contribution in [0, 0.1) is 0 Å². The Morgan fingerprint density at radius 2 is 1.89 bits per heavy atom. The average molecular weight is 504 g/mol. The summed E-state index contributed by atoms with van der Waals surface area (Å²) in [5.74, 6) is 1.78. The van der Waals surface area contributed by atoms with Gasteiger partial charge in [0, 0.05) is 16.9 Å². The van der Waals surface area contributed by atoms with Gasteiger partial charge in [-0.25, -0.2) is 14.5 Å². The zero-order valence-corrected chi connectivity index (χ0v) is 20.7. The molecule has 1 unspecified atom stereocenters. The van der Waals surface area contributed by atoms with E-state index in [0.717, 1.165) is 43.8 Å². The van der Waals surface area contributed by atoms with E-state index in [0.29, 0.717) is 17.4 Å². The molecule has 7 nitrogen and oxygen atoms in total. The van der Waals surface area contributed by atoms with Crippen molar-refractivity contribution < 1.29 is 9.57 Å². The van der Waals surface area contributed by atoms with Gasteiger partial charge in [0.1, 0.15) is 12.1 Å². The summed E-state index contributed by atoms with van der Waals surface area (Å²) >= 11 is 1.62. The molecule has 1 atom stereocenters. The molecule has 0 fully saturated rings. The molecule has 0 radical (unpaired) electrons. The van der Waals surface area contributed by atoms with Crippen LogP contribution < -0.4 is 4.74 Å². The van der Waals surface area contributed by atoms with E-state index in [1.165, 1.54) is 0 Å². The van der Waals surface area contributed by atoms with Crippen molar-refractivity contribution in [3.8, 4) is 11.6 Å². The minimum absolute atomic E-state index is 0.113. The molecule has 0 aliphatic carbocycles. The van der Waals surface area contributed by atoms with Crippen LogP contribution >= 0.6 is 11.3 Å². The molecule has 1 aliphatic heterocycles. The lowest BCUT2D eigenvalue weighted by Gasteiger charge is -2.28. The lowest BCUT2D eigenvalue weighted by molar-refractivity contribution is 0.125. The van der Waals surface area contributed by atoms with Gasteiger partial charge in [-0.15, -0.1) is 16.4 Å². The van der Waals surface area contributed by atoms with Gasteiger partial charge in [0.25, 0.3) is 0 Å². The number of aromatic nitrogens is 4. The SMILES string of the molecule is C/C(=N\OCc1nc2c3c(ncn2n1)Oc1c(ccc2ccccc12)C3c1ccccc1)c1cccs1. The van der Waals surface area contributed by atoms with Crippen LogP contribution in [0.25, 0.3) is 16.4 Å². The van der Waals surface area contributed by atoms with Crippen molar-refractivity contribution in [3.05, 3.63) is 118 Å². The van der Waals surface area contributed by atoms with Crippen molar-refractivity contribution in [1.82, 2.24) is 19.6 Å². The van der Waals surface area contributed by atoms with E-state index in [4.69, 9.17) is 14.6 Å². The third kappa shape index (κ3) is 3.73. The lowest BCUT2D eigenvalue weighted by Crippen LogP contribution is -2.15. The zero-order valence-electron chi connectivity index (χ0n) is 19.9.